The summed E-state index contributed by atoms with van der Waals surface area (Å²) < 4.78 is 12.8. The molecule has 0 aromatic rings. The fourth-order valence-electron chi connectivity index (χ4n) is 2.68. The average molecular weight is 349 g/mol. The fraction of sp³-hybridized carbons (Fsp3) is 0.857. The number of hydrogen-bond donors (Lipinski definition) is 0. The molecule has 0 N–H and O–H groups in total. The molecule has 0 saturated heterocycles. The summed E-state index contributed by atoms with van der Waals surface area (Å²) >= 11 is 0. The molecule has 0 rings (SSSR count). The third kappa shape index (κ3) is 11.2. The molecule has 0 heterocycles. The Morgan fingerprint density at radius 1 is 0.714 bits per heavy atom. The largest absolute Gasteiger partial charge is 0.437 e. The Morgan fingerprint density at radius 2 is 1.05 bits per heavy atom. The van der Waals surface area contributed by atoms with Crippen molar-refractivity contribution in [1.29, 1.82) is 0 Å². The molecule has 7 heteroatoms. The van der Waals surface area contributed by atoms with Gasteiger partial charge in [0.25, 0.3) is 0 Å². The number of rotatable bonds is 12. The van der Waals surface area contributed by atoms with Crippen LogP contribution in [-0.2, 0) is 17.8 Å². The summed E-state index contributed by atoms with van der Waals surface area (Å²) in [5.41, 5.74) is 0. The molecule has 0 aliphatic rings. The zero-order chi connectivity index (χ0) is 16.6. The SMILES string of the molecule is C[Si](C)(CCCC=O)O[Si](C)(C)O[Si](C)(C)CCCC=O. The first-order valence-corrected chi connectivity index (χ1v) is 16.9. The van der Waals surface area contributed by atoms with Gasteiger partial charge < -0.3 is 17.8 Å². The molecule has 0 fully saturated rings. The molecular weight excluding hydrogens is 316 g/mol. The van der Waals surface area contributed by atoms with Crippen molar-refractivity contribution in [3.05, 3.63) is 0 Å². The van der Waals surface area contributed by atoms with E-state index in [0.717, 1.165) is 37.5 Å². The second-order valence-corrected chi connectivity index (χ2v) is 19.7. The van der Waals surface area contributed by atoms with Gasteiger partial charge in [-0.25, -0.2) is 0 Å². The summed E-state index contributed by atoms with van der Waals surface area (Å²) in [6.45, 7) is 13.1. The first-order valence-electron chi connectivity index (χ1n) is 7.81. The standard InChI is InChI=1S/C14H32O4Si3/c1-19(2,13-9-7-11-15)17-21(5,6)18-20(3,4)14-10-8-12-16/h11-12H,7-10,13-14H2,1-6H3. The zero-order valence-corrected chi connectivity index (χ0v) is 17.5. The summed E-state index contributed by atoms with van der Waals surface area (Å²) in [5, 5.41) is 0. The highest BCUT2D eigenvalue weighted by Crippen LogP contribution is 2.26. The van der Waals surface area contributed by atoms with Crippen molar-refractivity contribution in [2.45, 2.75) is 77.1 Å². The second-order valence-electron chi connectivity index (χ2n) is 7.24. The molecule has 4 nitrogen and oxygen atoms in total. The highest BCUT2D eigenvalue weighted by atomic mass is 28.5. The van der Waals surface area contributed by atoms with E-state index in [1.54, 1.807) is 0 Å². The minimum absolute atomic E-state index is 0.620. The predicted octanol–water partition coefficient (Wildman–Crippen LogP) is 4.09. The van der Waals surface area contributed by atoms with Crippen molar-refractivity contribution in [3.63, 3.8) is 0 Å². The number of hydrogen-bond acceptors (Lipinski definition) is 4. The highest BCUT2D eigenvalue weighted by molar-refractivity contribution is 6.87. The van der Waals surface area contributed by atoms with Gasteiger partial charge in [0.2, 0.25) is 0 Å². The van der Waals surface area contributed by atoms with Gasteiger partial charge in [-0.15, -0.1) is 0 Å². The van der Waals surface area contributed by atoms with E-state index in [-0.39, 0.29) is 0 Å². The van der Waals surface area contributed by atoms with E-state index in [2.05, 4.69) is 39.3 Å². The maximum absolute atomic E-state index is 10.4. The van der Waals surface area contributed by atoms with Gasteiger partial charge in [0.15, 0.2) is 16.6 Å². The van der Waals surface area contributed by atoms with Gasteiger partial charge in [-0.2, -0.15) is 0 Å². The molecule has 0 radical (unpaired) electrons. The number of aldehydes is 2. The van der Waals surface area contributed by atoms with Crippen LogP contribution in [0.25, 0.3) is 0 Å². The minimum Gasteiger partial charge on any atom is -0.437 e. The van der Waals surface area contributed by atoms with Gasteiger partial charge >= 0.3 is 8.56 Å². The first-order chi connectivity index (χ1) is 9.54. The van der Waals surface area contributed by atoms with E-state index in [1.165, 1.54) is 0 Å². The van der Waals surface area contributed by atoms with Crippen LogP contribution >= 0.6 is 0 Å². The summed E-state index contributed by atoms with van der Waals surface area (Å²) in [4.78, 5) is 20.9. The lowest BCUT2D eigenvalue weighted by Gasteiger charge is -2.38. The van der Waals surface area contributed by atoms with Crippen molar-refractivity contribution < 1.29 is 17.8 Å². The Hall–Kier alpha value is -0.0894. The van der Waals surface area contributed by atoms with Crippen LogP contribution in [0, 0.1) is 0 Å². The summed E-state index contributed by atoms with van der Waals surface area (Å²) in [7, 11) is -5.69. The molecule has 0 bridgehead atoms. The molecule has 0 aromatic heterocycles. The van der Waals surface area contributed by atoms with Gasteiger partial charge in [-0.05, 0) is 64.2 Å². The van der Waals surface area contributed by atoms with Gasteiger partial charge in [-0.1, -0.05) is 0 Å². The number of unbranched alkanes of at least 4 members (excludes halogenated alkanes) is 2. The molecule has 0 unspecified atom stereocenters. The van der Waals surface area contributed by atoms with E-state index in [1.807, 2.05) is 0 Å². The van der Waals surface area contributed by atoms with E-state index >= 15 is 0 Å². The normalized spacial score (nSPS) is 13.2. The maximum Gasteiger partial charge on any atom is 0.311 e. The summed E-state index contributed by atoms with van der Waals surface area (Å²) in [6.07, 6.45) is 5.02. The van der Waals surface area contributed by atoms with Gasteiger partial charge in [0.05, 0.1) is 0 Å². The lowest BCUT2D eigenvalue weighted by atomic mass is 10.4. The molecule has 0 saturated carbocycles. The van der Waals surface area contributed by atoms with Crippen LogP contribution in [0.2, 0.25) is 51.4 Å². The molecule has 0 amide bonds. The first kappa shape index (κ1) is 20.9. The topological polar surface area (TPSA) is 52.6 Å². The smallest absolute Gasteiger partial charge is 0.311 e. The van der Waals surface area contributed by atoms with Crippen LogP contribution in [-0.4, -0.2) is 37.8 Å². The van der Waals surface area contributed by atoms with Crippen LogP contribution in [0.4, 0.5) is 0 Å². The summed E-state index contributed by atoms with van der Waals surface area (Å²) in [5.74, 6) is 0. The third-order valence-electron chi connectivity index (χ3n) is 3.25. The van der Waals surface area contributed by atoms with Crippen molar-refractivity contribution in [2.24, 2.45) is 0 Å². The van der Waals surface area contributed by atoms with Crippen molar-refractivity contribution in [2.75, 3.05) is 0 Å². The van der Waals surface area contributed by atoms with Crippen LogP contribution in [0.1, 0.15) is 25.7 Å². The Kier molecular flexibility index (Phi) is 9.10. The van der Waals surface area contributed by atoms with E-state index in [0.29, 0.717) is 12.8 Å². The Morgan fingerprint density at radius 3 is 1.33 bits per heavy atom. The lowest BCUT2D eigenvalue weighted by Crippen LogP contribution is -2.52. The minimum atomic E-state index is -2.15. The third-order valence-corrected chi connectivity index (χ3v) is 14.7. The van der Waals surface area contributed by atoms with Crippen LogP contribution < -0.4 is 0 Å². The highest BCUT2D eigenvalue weighted by Gasteiger charge is 2.39. The molecule has 0 aliphatic heterocycles. The van der Waals surface area contributed by atoms with E-state index in [4.69, 9.17) is 8.23 Å². The Labute approximate surface area is 133 Å². The molecule has 0 spiro atoms. The quantitative estimate of drug-likeness (QED) is 0.303. The predicted molar refractivity (Wildman–Crippen MR) is 94.8 cm³/mol. The van der Waals surface area contributed by atoms with Gasteiger partial charge in [0, 0.05) is 12.8 Å². The molecule has 0 atom stereocenters. The monoisotopic (exact) mass is 348 g/mol. The van der Waals surface area contributed by atoms with Gasteiger partial charge in [0.1, 0.15) is 12.6 Å². The van der Waals surface area contributed by atoms with Crippen molar-refractivity contribution in [3.8, 4) is 0 Å². The molecule has 0 aliphatic carbocycles. The average Bonchev–Trinajstić information content (AvgIpc) is 2.25. The van der Waals surface area contributed by atoms with Crippen LogP contribution in [0.5, 0.6) is 0 Å². The maximum atomic E-state index is 10.4. The second kappa shape index (κ2) is 9.14. The molecular formula is C14H32O4Si3. The van der Waals surface area contributed by atoms with Crippen LogP contribution in [0.15, 0.2) is 0 Å². The number of carbonyl (C=O) groups excluding carboxylic acids is 2. The fourth-order valence-corrected chi connectivity index (χ4v) is 16.8. The Balaban J connectivity index is 4.44. The van der Waals surface area contributed by atoms with Crippen molar-refractivity contribution >= 4 is 37.8 Å². The van der Waals surface area contributed by atoms with Crippen molar-refractivity contribution in [1.82, 2.24) is 0 Å². The molecule has 21 heavy (non-hydrogen) atoms. The number of carbonyl (C=O) groups is 2. The summed E-state index contributed by atoms with van der Waals surface area (Å²) in [6, 6.07) is 2.00. The van der Waals surface area contributed by atoms with E-state index < -0.39 is 25.2 Å². The van der Waals surface area contributed by atoms with Crippen LogP contribution in [0.3, 0.4) is 0 Å². The molecule has 0 aromatic carbocycles. The lowest BCUT2D eigenvalue weighted by molar-refractivity contribution is -0.108. The van der Waals surface area contributed by atoms with Gasteiger partial charge in [-0.3, -0.25) is 0 Å². The zero-order valence-electron chi connectivity index (χ0n) is 14.5. The van der Waals surface area contributed by atoms with E-state index in [9.17, 15) is 9.59 Å². The Bertz CT molecular complexity index is 300. The molecule has 124 valence electrons.